The number of piperidine rings is 1. The Morgan fingerprint density at radius 1 is 1.42 bits per heavy atom. The number of amides is 1. The van der Waals surface area contributed by atoms with Gasteiger partial charge in [-0.05, 0) is 24.3 Å². The lowest BCUT2D eigenvalue weighted by Crippen LogP contribution is -2.43. The molecule has 0 aromatic carbocycles. The van der Waals surface area contributed by atoms with Crippen LogP contribution >= 0.6 is 0 Å². The maximum absolute atomic E-state index is 11.9. The summed E-state index contributed by atoms with van der Waals surface area (Å²) in [5, 5.41) is 6.96. The third-order valence-corrected chi connectivity index (χ3v) is 3.71. The first-order valence-electron chi connectivity index (χ1n) is 7.05. The predicted octanol–water partition coefficient (Wildman–Crippen LogP) is 1.13. The summed E-state index contributed by atoms with van der Waals surface area (Å²) < 4.78 is 1.60. The number of hydrogen-bond acceptors (Lipinski definition) is 3. The molecule has 1 aliphatic heterocycles. The molecule has 1 aromatic heterocycles. The van der Waals surface area contributed by atoms with Crippen LogP contribution in [0, 0.1) is 11.8 Å². The van der Waals surface area contributed by atoms with E-state index in [-0.39, 0.29) is 5.91 Å². The van der Waals surface area contributed by atoms with Gasteiger partial charge in [-0.2, -0.15) is 5.10 Å². The molecule has 1 saturated heterocycles. The van der Waals surface area contributed by atoms with E-state index in [1.165, 1.54) is 6.42 Å². The first-order chi connectivity index (χ1) is 9.06. The summed E-state index contributed by atoms with van der Waals surface area (Å²) in [5.74, 6) is 1.48. The first-order valence-corrected chi connectivity index (χ1v) is 7.05. The quantitative estimate of drug-likeness (QED) is 0.887. The van der Waals surface area contributed by atoms with E-state index in [1.807, 2.05) is 0 Å². The van der Waals surface area contributed by atoms with E-state index in [0.717, 1.165) is 31.5 Å². The van der Waals surface area contributed by atoms with E-state index in [2.05, 4.69) is 29.2 Å². The summed E-state index contributed by atoms with van der Waals surface area (Å²) in [6.45, 7) is 8.52. The van der Waals surface area contributed by atoms with Crippen LogP contribution in [-0.2, 0) is 7.05 Å². The SMILES string of the molecule is C[C@@H]1C[C@@H](C)CN(CCNC(=O)c2ccnn2C)C1. The average Bonchev–Trinajstić information content (AvgIpc) is 2.74. The van der Waals surface area contributed by atoms with Gasteiger partial charge in [0.05, 0.1) is 0 Å². The van der Waals surface area contributed by atoms with E-state index >= 15 is 0 Å². The van der Waals surface area contributed by atoms with Gasteiger partial charge < -0.3 is 10.2 Å². The zero-order valence-corrected chi connectivity index (χ0v) is 12.1. The molecule has 1 aliphatic rings. The molecule has 5 nitrogen and oxygen atoms in total. The van der Waals surface area contributed by atoms with Crippen LogP contribution in [0.3, 0.4) is 0 Å². The first kappa shape index (κ1) is 14.1. The maximum Gasteiger partial charge on any atom is 0.269 e. The monoisotopic (exact) mass is 264 g/mol. The molecule has 0 saturated carbocycles. The Bertz CT molecular complexity index is 419. The van der Waals surface area contributed by atoms with Crippen LogP contribution in [-0.4, -0.2) is 46.8 Å². The van der Waals surface area contributed by atoms with Crippen LogP contribution in [0.4, 0.5) is 0 Å². The van der Waals surface area contributed by atoms with Crippen LogP contribution in [0.15, 0.2) is 12.3 Å². The lowest BCUT2D eigenvalue weighted by Gasteiger charge is -2.34. The minimum absolute atomic E-state index is 0.0434. The van der Waals surface area contributed by atoms with Gasteiger partial charge in [0.2, 0.25) is 0 Å². The normalized spacial score (nSPS) is 24.4. The van der Waals surface area contributed by atoms with Crippen molar-refractivity contribution in [1.29, 1.82) is 0 Å². The highest BCUT2D eigenvalue weighted by Gasteiger charge is 2.21. The molecule has 1 N–H and O–H groups in total. The summed E-state index contributed by atoms with van der Waals surface area (Å²) in [5.41, 5.74) is 0.611. The fourth-order valence-corrected chi connectivity index (χ4v) is 2.99. The molecule has 0 bridgehead atoms. The zero-order valence-electron chi connectivity index (χ0n) is 12.1. The van der Waals surface area contributed by atoms with Crippen LogP contribution in [0.2, 0.25) is 0 Å². The van der Waals surface area contributed by atoms with Crippen LogP contribution in [0.1, 0.15) is 30.8 Å². The summed E-state index contributed by atoms with van der Waals surface area (Å²) >= 11 is 0. The highest BCUT2D eigenvalue weighted by Crippen LogP contribution is 2.20. The van der Waals surface area contributed by atoms with E-state index in [4.69, 9.17) is 0 Å². The van der Waals surface area contributed by atoms with Crippen LogP contribution in [0.5, 0.6) is 0 Å². The average molecular weight is 264 g/mol. The topological polar surface area (TPSA) is 50.2 Å². The number of hydrogen-bond donors (Lipinski definition) is 1. The molecule has 2 atom stereocenters. The Morgan fingerprint density at radius 3 is 2.68 bits per heavy atom. The molecule has 1 aromatic rings. The van der Waals surface area contributed by atoms with Gasteiger partial charge in [-0.3, -0.25) is 9.48 Å². The highest BCUT2D eigenvalue weighted by atomic mass is 16.2. The Morgan fingerprint density at radius 2 is 2.11 bits per heavy atom. The molecule has 0 unspecified atom stereocenters. The minimum atomic E-state index is -0.0434. The Balaban J connectivity index is 1.75. The fourth-order valence-electron chi connectivity index (χ4n) is 2.99. The van der Waals surface area contributed by atoms with Crippen molar-refractivity contribution in [3.05, 3.63) is 18.0 Å². The molecule has 2 rings (SSSR count). The van der Waals surface area contributed by atoms with Crippen LogP contribution < -0.4 is 5.32 Å². The number of aryl methyl sites for hydroxylation is 1. The molecular weight excluding hydrogens is 240 g/mol. The van der Waals surface area contributed by atoms with Crippen molar-refractivity contribution in [1.82, 2.24) is 20.0 Å². The molecule has 0 spiro atoms. The largest absolute Gasteiger partial charge is 0.349 e. The summed E-state index contributed by atoms with van der Waals surface area (Å²) in [6.07, 6.45) is 2.96. The minimum Gasteiger partial charge on any atom is -0.349 e. The van der Waals surface area contributed by atoms with Crippen molar-refractivity contribution in [2.75, 3.05) is 26.2 Å². The lowest BCUT2D eigenvalue weighted by molar-refractivity contribution is 0.0927. The molecule has 1 fully saturated rings. The number of likely N-dealkylation sites (tertiary alicyclic amines) is 1. The van der Waals surface area contributed by atoms with E-state index in [9.17, 15) is 4.79 Å². The van der Waals surface area contributed by atoms with Crippen molar-refractivity contribution >= 4 is 5.91 Å². The van der Waals surface area contributed by atoms with Gasteiger partial charge >= 0.3 is 0 Å². The molecule has 5 heteroatoms. The van der Waals surface area contributed by atoms with Gasteiger partial charge in [-0.1, -0.05) is 13.8 Å². The van der Waals surface area contributed by atoms with Gasteiger partial charge in [0.15, 0.2) is 0 Å². The van der Waals surface area contributed by atoms with Crippen molar-refractivity contribution in [2.45, 2.75) is 20.3 Å². The van der Waals surface area contributed by atoms with Crippen molar-refractivity contribution < 1.29 is 4.79 Å². The molecule has 0 aliphatic carbocycles. The van der Waals surface area contributed by atoms with Gasteiger partial charge in [0.1, 0.15) is 5.69 Å². The van der Waals surface area contributed by atoms with E-state index in [1.54, 1.807) is 24.0 Å². The summed E-state index contributed by atoms with van der Waals surface area (Å²) in [7, 11) is 1.78. The Labute approximate surface area is 115 Å². The maximum atomic E-state index is 11.9. The van der Waals surface area contributed by atoms with Crippen molar-refractivity contribution in [2.24, 2.45) is 18.9 Å². The predicted molar refractivity (Wildman–Crippen MR) is 74.9 cm³/mol. The van der Waals surface area contributed by atoms with Crippen molar-refractivity contribution in [3.63, 3.8) is 0 Å². The second-order valence-electron chi connectivity index (χ2n) is 5.80. The number of aromatic nitrogens is 2. The van der Waals surface area contributed by atoms with Crippen molar-refractivity contribution in [3.8, 4) is 0 Å². The molecule has 2 heterocycles. The highest BCUT2D eigenvalue weighted by molar-refractivity contribution is 5.92. The number of nitrogens with one attached hydrogen (secondary N) is 1. The Kier molecular flexibility index (Phi) is 4.58. The van der Waals surface area contributed by atoms with Gasteiger partial charge in [0.25, 0.3) is 5.91 Å². The second-order valence-corrected chi connectivity index (χ2v) is 5.80. The lowest BCUT2D eigenvalue weighted by atomic mass is 9.92. The molecule has 106 valence electrons. The second kappa shape index (κ2) is 6.19. The third kappa shape index (κ3) is 3.80. The number of carbonyl (C=O) groups is 1. The van der Waals surface area contributed by atoms with Gasteiger partial charge in [-0.15, -0.1) is 0 Å². The van der Waals surface area contributed by atoms with E-state index in [0.29, 0.717) is 12.2 Å². The Hall–Kier alpha value is -1.36. The third-order valence-electron chi connectivity index (χ3n) is 3.71. The summed E-state index contributed by atoms with van der Waals surface area (Å²) in [4.78, 5) is 14.4. The number of carbonyl (C=O) groups excluding carboxylic acids is 1. The number of rotatable bonds is 4. The zero-order chi connectivity index (χ0) is 13.8. The van der Waals surface area contributed by atoms with Gasteiger partial charge in [-0.25, -0.2) is 0 Å². The fraction of sp³-hybridized carbons (Fsp3) is 0.714. The standard InChI is InChI=1S/C14H24N4O/c1-11-8-12(2)10-18(9-11)7-6-15-14(19)13-4-5-16-17(13)3/h4-5,11-12H,6-10H2,1-3H3,(H,15,19)/t11-,12-/m1/s1. The van der Waals surface area contributed by atoms with Crippen LogP contribution in [0.25, 0.3) is 0 Å². The van der Waals surface area contributed by atoms with E-state index < -0.39 is 0 Å². The van der Waals surface area contributed by atoms with Gasteiger partial charge in [0, 0.05) is 39.4 Å². The molecule has 1 amide bonds. The molecule has 19 heavy (non-hydrogen) atoms. The molecular formula is C14H24N4O. The number of nitrogens with zero attached hydrogens (tertiary/aromatic N) is 3. The summed E-state index contributed by atoms with van der Waals surface area (Å²) in [6, 6.07) is 1.74. The smallest absolute Gasteiger partial charge is 0.269 e. The molecule has 0 radical (unpaired) electrons.